The van der Waals surface area contributed by atoms with Crippen LogP contribution in [0.3, 0.4) is 0 Å². The van der Waals surface area contributed by atoms with Crippen molar-refractivity contribution in [2.45, 2.75) is 13.5 Å². The fourth-order valence-corrected chi connectivity index (χ4v) is 2.24. The van der Waals surface area contributed by atoms with Gasteiger partial charge in [-0.25, -0.2) is 4.52 Å². The van der Waals surface area contributed by atoms with E-state index in [0.29, 0.717) is 12.5 Å². The average Bonchev–Trinajstić information content (AvgIpc) is 2.82. The Hall–Kier alpha value is -1.95. The summed E-state index contributed by atoms with van der Waals surface area (Å²) in [6, 6.07) is 7.83. The zero-order chi connectivity index (χ0) is 13.2. The fourth-order valence-electron chi connectivity index (χ4n) is 1.81. The van der Waals surface area contributed by atoms with Crippen molar-refractivity contribution in [1.29, 1.82) is 0 Å². The van der Waals surface area contributed by atoms with Crippen molar-refractivity contribution in [3.05, 3.63) is 52.4 Å². The SMILES string of the molecule is Cc1cccnc1CNc1nc2c(Br)cccn2n1. The molecule has 3 heterocycles. The Labute approximate surface area is 118 Å². The second kappa shape index (κ2) is 4.97. The van der Waals surface area contributed by atoms with Crippen LogP contribution in [-0.2, 0) is 6.54 Å². The first kappa shape index (κ1) is 12.1. The van der Waals surface area contributed by atoms with Crippen LogP contribution in [0.15, 0.2) is 41.1 Å². The van der Waals surface area contributed by atoms with Gasteiger partial charge in [0.2, 0.25) is 5.95 Å². The number of pyridine rings is 2. The molecule has 0 aliphatic rings. The number of rotatable bonds is 3. The molecule has 0 amide bonds. The topological polar surface area (TPSA) is 55.1 Å². The first-order valence-corrected chi connectivity index (χ1v) is 6.68. The van der Waals surface area contributed by atoms with Gasteiger partial charge in [-0.05, 0) is 46.6 Å². The maximum absolute atomic E-state index is 4.42. The van der Waals surface area contributed by atoms with E-state index in [9.17, 15) is 0 Å². The molecule has 0 aromatic carbocycles. The maximum Gasteiger partial charge on any atom is 0.243 e. The minimum absolute atomic E-state index is 0.594. The van der Waals surface area contributed by atoms with Gasteiger partial charge in [-0.1, -0.05) is 6.07 Å². The van der Waals surface area contributed by atoms with E-state index in [1.54, 1.807) is 10.7 Å². The summed E-state index contributed by atoms with van der Waals surface area (Å²) in [6.07, 6.45) is 3.65. The number of aromatic nitrogens is 4. The van der Waals surface area contributed by atoms with Gasteiger partial charge in [0.1, 0.15) is 0 Å². The van der Waals surface area contributed by atoms with Gasteiger partial charge >= 0.3 is 0 Å². The highest BCUT2D eigenvalue weighted by molar-refractivity contribution is 9.10. The monoisotopic (exact) mass is 317 g/mol. The zero-order valence-corrected chi connectivity index (χ0v) is 11.9. The Bertz CT molecular complexity index is 722. The summed E-state index contributed by atoms with van der Waals surface area (Å²) in [5, 5.41) is 7.55. The molecule has 0 atom stereocenters. The van der Waals surface area contributed by atoms with Crippen molar-refractivity contribution in [3.8, 4) is 0 Å². The molecule has 6 heteroatoms. The van der Waals surface area contributed by atoms with Crippen molar-refractivity contribution < 1.29 is 0 Å². The molecule has 0 saturated heterocycles. The van der Waals surface area contributed by atoms with E-state index >= 15 is 0 Å². The molecule has 3 aromatic heterocycles. The van der Waals surface area contributed by atoms with Crippen LogP contribution in [0.1, 0.15) is 11.3 Å². The van der Waals surface area contributed by atoms with Gasteiger partial charge in [-0.15, -0.1) is 5.10 Å². The average molecular weight is 318 g/mol. The summed E-state index contributed by atoms with van der Waals surface area (Å²) in [4.78, 5) is 8.75. The van der Waals surface area contributed by atoms with E-state index in [1.165, 1.54) is 0 Å². The van der Waals surface area contributed by atoms with Gasteiger partial charge < -0.3 is 5.32 Å². The first-order valence-electron chi connectivity index (χ1n) is 5.89. The molecule has 0 radical (unpaired) electrons. The van der Waals surface area contributed by atoms with E-state index in [-0.39, 0.29) is 0 Å². The number of hydrogen-bond donors (Lipinski definition) is 1. The van der Waals surface area contributed by atoms with E-state index in [2.05, 4.69) is 36.3 Å². The third kappa shape index (κ3) is 2.44. The van der Waals surface area contributed by atoms with Crippen molar-refractivity contribution >= 4 is 27.5 Å². The lowest BCUT2D eigenvalue weighted by Crippen LogP contribution is -2.04. The summed E-state index contributed by atoms with van der Waals surface area (Å²) in [5.41, 5.74) is 2.95. The molecular weight excluding hydrogens is 306 g/mol. The van der Waals surface area contributed by atoms with Crippen LogP contribution < -0.4 is 5.32 Å². The van der Waals surface area contributed by atoms with Crippen molar-refractivity contribution in [2.24, 2.45) is 0 Å². The molecule has 19 heavy (non-hydrogen) atoms. The third-order valence-corrected chi connectivity index (χ3v) is 3.47. The normalized spacial score (nSPS) is 10.8. The number of nitrogens with one attached hydrogen (secondary N) is 1. The van der Waals surface area contributed by atoms with Gasteiger partial charge in [-0.2, -0.15) is 4.98 Å². The quantitative estimate of drug-likeness (QED) is 0.807. The number of anilines is 1. The second-order valence-electron chi connectivity index (χ2n) is 4.18. The van der Waals surface area contributed by atoms with Crippen molar-refractivity contribution in [2.75, 3.05) is 5.32 Å². The van der Waals surface area contributed by atoms with Crippen LogP contribution in [0.5, 0.6) is 0 Å². The first-order chi connectivity index (χ1) is 9.24. The minimum Gasteiger partial charge on any atom is -0.347 e. The standard InChI is InChI=1S/C13H12BrN5/c1-9-4-2-6-15-11(9)8-16-13-17-12-10(14)5-3-7-19(12)18-13/h2-7H,8H2,1H3,(H,16,18). The van der Waals surface area contributed by atoms with Crippen molar-refractivity contribution in [1.82, 2.24) is 19.6 Å². The number of aryl methyl sites for hydroxylation is 1. The second-order valence-corrected chi connectivity index (χ2v) is 5.03. The Morgan fingerprint density at radius 3 is 3.00 bits per heavy atom. The predicted octanol–water partition coefficient (Wildman–Crippen LogP) is 2.81. The van der Waals surface area contributed by atoms with Crippen LogP contribution in [0.2, 0.25) is 0 Å². The van der Waals surface area contributed by atoms with Gasteiger partial charge in [0.25, 0.3) is 0 Å². The van der Waals surface area contributed by atoms with Gasteiger partial charge in [0, 0.05) is 12.4 Å². The van der Waals surface area contributed by atoms with Crippen LogP contribution >= 0.6 is 15.9 Å². The Balaban J connectivity index is 1.83. The largest absolute Gasteiger partial charge is 0.347 e. The van der Waals surface area contributed by atoms with Crippen LogP contribution in [0, 0.1) is 6.92 Å². The van der Waals surface area contributed by atoms with Crippen LogP contribution in [0.4, 0.5) is 5.95 Å². The number of hydrogen-bond acceptors (Lipinski definition) is 4. The Kier molecular flexibility index (Phi) is 3.16. The highest BCUT2D eigenvalue weighted by Crippen LogP contribution is 2.17. The predicted molar refractivity (Wildman–Crippen MR) is 77.0 cm³/mol. The minimum atomic E-state index is 0.594. The molecule has 0 unspecified atom stereocenters. The molecule has 0 fully saturated rings. The molecule has 3 aromatic rings. The molecule has 3 rings (SSSR count). The summed E-state index contributed by atoms with van der Waals surface area (Å²) in [5.74, 6) is 0.594. The molecule has 0 spiro atoms. The lowest BCUT2D eigenvalue weighted by Gasteiger charge is -2.03. The van der Waals surface area contributed by atoms with E-state index < -0.39 is 0 Å². The number of nitrogens with zero attached hydrogens (tertiary/aromatic N) is 4. The summed E-state index contributed by atoms with van der Waals surface area (Å²) in [7, 11) is 0. The summed E-state index contributed by atoms with van der Waals surface area (Å²) >= 11 is 3.45. The highest BCUT2D eigenvalue weighted by atomic mass is 79.9. The van der Waals surface area contributed by atoms with Crippen LogP contribution in [-0.4, -0.2) is 19.6 Å². The Morgan fingerprint density at radius 2 is 2.21 bits per heavy atom. The molecule has 96 valence electrons. The number of fused-ring (bicyclic) bond motifs is 1. The van der Waals surface area contributed by atoms with Gasteiger partial charge in [0.05, 0.1) is 16.7 Å². The third-order valence-electron chi connectivity index (χ3n) is 2.85. The maximum atomic E-state index is 4.42. The molecule has 1 N–H and O–H groups in total. The van der Waals surface area contributed by atoms with Gasteiger partial charge in [-0.3, -0.25) is 4.98 Å². The molecule has 5 nitrogen and oxygen atoms in total. The lowest BCUT2D eigenvalue weighted by atomic mass is 10.2. The smallest absolute Gasteiger partial charge is 0.243 e. The van der Waals surface area contributed by atoms with Gasteiger partial charge in [0.15, 0.2) is 5.65 Å². The molecule has 0 aliphatic heterocycles. The molecular formula is C13H12BrN5. The highest BCUT2D eigenvalue weighted by Gasteiger charge is 2.06. The molecule has 0 aliphatic carbocycles. The molecule has 0 saturated carbocycles. The lowest BCUT2D eigenvalue weighted by molar-refractivity contribution is 0.936. The Morgan fingerprint density at radius 1 is 1.32 bits per heavy atom. The van der Waals surface area contributed by atoms with E-state index in [1.807, 2.05) is 37.4 Å². The van der Waals surface area contributed by atoms with Crippen molar-refractivity contribution in [3.63, 3.8) is 0 Å². The number of halogens is 1. The zero-order valence-electron chi connectivity index (χ0n) is 10.3. The summed E-state index contributed by atoms with van der Waals surface area (Å²) < 4.78 is 2.65. The van der Waals surface area contributed by atoms with E-state index in [0.717, 1.165) is 21.4 Å². The van der Waals surface area contributed by atoms with E-state index in [4.69, 9.17) is 0 Å². The fraction of sp³-hybridized carbons (Fsp3) is 0.154. The molecule has 0 bridgehead atoms. The van der Waals surface area contributed by atoms with Crippen LogP contribution in [0.25, 0.3) is 5.65 Å². The summed E-state index contributed by atoms with van der Waals surface area (Å²) in [6.45, 7) is 2.65.